The van der Waals surface area contributed by atoms with E-state index in [1.165, 1.54) is 43.2 Å². The molecule has 0 bridgehead atoms. The predicted molar refractivity (Wildman–Crippen MR) is 156 cm³/mol. The summed E-state index contributed by atoms with van der Waals surface area (Å²) in [4.78, 5) is 24.7. The van der Waals surface area contributed by atoms with Crippen LogP contribution in [0.3, 0.4) is 0 Å². The number of esters is 2. The first-order valence-corrected chi connectivity index (χ1v) is 15.6. The van der Waals surface area contributed by atoms with Gasteiger partial charge in [0.2, 0.25) is 0 Å². The van der Waals surface area contributed by atoms with E-state index in [1.54, 1.807) is 19.1 Å². The molecule has 216 valence electrons. The van der Waals surface area contributed by atoms with Gasteiger partial charge in [-0.25, -0.2) is 4.79 Å². The van der Waals surface area contributed by atoms with Crippen LogP contribution in [0, 0.1) is 23.2 Å². The molecule has 2 saturated carbocycles. The number of hydrogen-bond acceptors (Lipinski definition) is 5. The summed E-state index contributed by atoms with van der Waals surface area (Å²) < 4.78 is 11.7. The molecular formula is C35H46O5. The molecule has 3 aliphatic carbocycles. The van der Waals surface area contributed by atoms with Crippen molar-refractivity contribution in [3.8, 4) is 5.75 Å². The SMILES string of the molecule is CC(=O)O[C@H]1CC[C@H]2[C@@H]3[C@H](CCCCCCCCO)Cc4cc(OC(=O)c5ccccc5)ccc4[C@H]3CC[C@]12C. The highest BCUT2D eigenvalue weighted by Crippen LogP contribution is 2.63. The Hall–Kier alpha value is -2.66. The number of rotatable bonds is 11. The minimum Gasteiger partial charge on any atom is -0.462 e. The average Bonchev–Trinajstić information content (AvgIpc) is 3.27. The fourth-order valence-electron chi connectivity index (χ4n) is 8.42. The third-order valence-electron chi connectivity index (χ3n) is 10.3. The molecule has 0 unspecified atom stereocenters. The monoisotopic (exact) mass is 546 g/mol. The minimum atomic E-state index is -0.317. The number of carbonyl (C=O) groups excluding carboxylic acids is 2. The van der Waals surface area contributed by atoms with E-state index in [4.69, 9.17) is 14.6 Å². The topological polar surface area (TPSA) is 72.8 Å². The maximum absolute atomic E-state index is 12.7. The number of unbranched alkanes of at least 4 members (excludes halogenated alkanes) is 5. The molecule has 2 fully saturated rings. The van der Waals surface area contributed by atoms with Gasteiger partial charge in [-0.2, -0.15) is 0 Å². The lowest BCUT2D eigenvalue weighted by molar-refractivity contribution is -0.155. The summed E-state index contributed by atoms with van der Waals surface area (Å²) in [5.41, 5.74) is 3.39. The molecule has 5 heteroatoms. The van der Waals surface area contributed by atoms with Crippen molar-refractivity contribution in [2.75, 3.05) is 6.61 Å². The van der Waals surface area contributed by atoms with E-state index in [1.807, 2.05) is 24.3 Å². The largest absolute Gasteiger partial charge is 0.462 e. The van der Waals surface area contributed by atoms with Crippen molar-refractivity contribution in [3.63, 3.8) is 0 Å². The smallest absolute Gasteiger partial charge is 0.343 e. The number of ether oxygens (including phenoxy) is 2. The summed E-state index contributed by atoms with van der Waals surface area (Å²) in [5, 5.41) is 9.06. The zero-order chi connectivity index (χ0) is 28.1. The molecular weight excluding hydrogens is 500 g/mol. The van der Waals surface area contributed by atoms with E-state index in [9.17, 15) is 9.59 Å². The second-order valence-corrected chi connectivity index (χ2v) is 12.7. The van der Waals surface area contributed by atoms with E-state index < -0.39 is 0 Å². The van der Waals surface area contributed by atoms with Crippen LogP contribution in [-0.2, 0) is 16.0 Å². The third kappa shape index (κ3) is 6.15. The van der Waals surface area contributed by atoms with Crippen LogP contribution in [0.4, 0.5) is 0 Å². The van der Waals surface area contributed by atoms with Crippen LogP contribution in [-0.4, -0.2) is 29.8 Å². The first kappa shape index (κ1) is 28.9. The van der Waals surface area contributed by atoms with Gasteiger partial charge >= 0.3 is 11.9 Å². The van der Waals surface area contributed by atoms with Gasteiger partial charge in [0, 0.05) is 18.9 Å². The molecule has 1 N–H and O–H groups in total. The van der Waals surface area contributed by atoms with Crippen LogP contribution >= 0.6 is 0 Å². The molecule has 0 radical (unpaired) electrons. The molecule has 5 rings (SSSR count). The highest BCUT2D eigenvalue weighted by molar-refractivity contribution is 5.91. The van der Waals surface area contributed by atoms with Crippen LogP contribution in [0.1, 0.15) is 112 Å². The fraction of sp³-hybridized carbons (Fsp3) is 0.600. The van der Waals surface area contributed by atoms with Crippen LogP contribution < -0.4 is 4.74 Å². The van der Waals surface area contributed by atoms with Crippen LogP contribution in [0.15, 0.2) is 48.5 Å². The van der Waals surface area contributed by atoms with E-state index in [2.05, 4.69) is 19.1 Å². The molecule has 0 amide bonds. The van der Waals surface area contributed by atoms with E-state index in [-0.39, 0.29) is 23.5 Å². The standard InChI is InChI=1S/C35H46O5/c1-24(37)39-32-18-17-31-33-26(14-8-5-3-4-6-11-21-36)22-27-23-28(40-34(38)25-12-9-7-10-13-25)15-16-29(27)30(33)19-20-35(31,32)2/h7,9-10,12-13,15-16,23,26,30-33,36H,3-6,8,11,14,17-22H2,1-2H3/t26-,30-,31+,32+,33-,35+/m1/s1. The van der Waals surface area contributed by atoms with Crippen LogP contribution in [0.2, 0.25) is 0 Å². The predicted octanol–water partition coefficient (Wildman–Crippen LogP) is 7.64. The second-order valence-electron chi connectivity index (χ2n) is 12.7. The molecule has 5 nitrogen and oxygen atoms in total. The molecule has 6 atom stereocenters. The Morgan fingerprint density at radius 3 is 2.45 bits per heavy atom. The Kier molecular flexibility index (Phi) is 9.30. The zero-order valence-electron chi connectivity index (χ0n) is 24.3. The summed E-state index contributed by atoms with van der Waals surface area (Å²) >= 11 is 0. The van der Waals surface area contributed by atoms with Crippen LogP contribution in [0.5, 0.6) is 5.75 Å². The number of aliphatic hydroxyl groups excluding tert-OH is 1. The third-order valence-corrected chi connectivity index (χ3v) is 10.3. The quantitative estimate of drug-likeness (QED) is 0.178. The zero-order valence-corrected chi connectivity index (χ0v) is 24.3. The summed E-state index contributed by atoms with van der Waals surface area (Å²) in [6.07, 6.45) is 13.5. The fourth-order valence-corrected chi connectivity index (χ4v) is 8.42. The van der Waals surface area contributed by atoms with Crippen molar-refractivity contribution < 1.29 is 24.2 Å². The summed E-state index contributed by atoms with van der Waals surface area (Å²) in [5.74, 6) is 2.40. The van der Waals surface area contributed by atoms with Crippen molar-refractivity contribution in [2.24, 2.45) is 23.2 Å². The number of benzene rings is 2. The first-order chi connectivity index (χ1) is 19.4. The van der Waals surface area contributed by atoms with Gasteiger partial charge in [-0.3, -0.25) is 4.79 Å². The van der Waals surface area contributed by atoms with Crippen LogP contribution in [0.25, 0.3) is 0 Å². The second kappa shape index (κ2) is 12.9. The lowest BCUT2D eigenvalue weighted by Gasteiger charge is -2.53. The van der Waals surface area contributed by atoms with Crippen molar-refractivity contribution in [3.05, 3.63) is 65.2 Å². The Labute approximate surface area is 239 Å². The summed E-state index contributed by atoms with van der Waals surface area (Å²) in [6.45, 7) is 4.22. The number of carbonyl (C=O) groups is 2. The van der Waals surface area contributed by atoms with Gasteiger partial charge in [0.1, 0.15) is 11.9 Å². The normalized spacial score (nSPS) is 28.7. The lowest BCUT2D eigenvalue weighted by Crippen LogP contribution is -2.48. The minimum absolute atomic E-state index is 0.0318. The van der Waals surface area contributed by atoms with Gasteiger partial charge in [0.15, 0.2) is 0 Å². The molecule has 2 aromatic carbocycles. The molecule has 0 aromatic heterocycles. The van der Waals surface area contributed by atoms with Crippen molar-refractivity contribution in [2.45, 2.75) is 103 Å². The molecule has 0 saturated heterocycles. The Morgan fingerprint density at radius 1 is 0.950 bits per heavy atom. The molecule has 2 aromatic rings. The number of aliphatic hydroxyl groups is 1. The maximum Gasteiger partial charge on any atom is 0.343 e. The van der Waals surface area contributed by atoms with E-state index >= 15 is 0 Å². The molecule has 3 aliphatic rings. The van der Waals surface area contributed by atoms with Gasteiger partial charge in [-0.05, 0) is 104 Å². The molecule has 0 heterocycles. The summed E-state index contributed by atoms with van der Waals surface area (Å²) in [7, 11) is 0. The summed E-state index contributed by atoms with van der Waals surface area (Å²) in [6, 6.07) is 15.5. The van der Waals surface area contributed by atoms with Gasteiger partial charge in [0.05, 0.1) is 5.56 Å². The van der Waals surface area contributed by atoms with Crippen molar-refractivity contribution >= 4 is 11.9 Å². The number of fused-ring (bicyclic) bond motifs is 5. The van der Waals surface area contributed by atoms with Crippen molar-refractivity contribution in [1.82, 2.24) is 0 Å². The Morgan fingerprint density at radius 2 is 1.70 bits per heavy atom. The van der Waals surface area contributed by atoms with E-state index in [0.717, 1.165) is 44.9 Å². The van der Waals surface area contributed by atoms with Gasteiger partial charge < -0.3 is 14.6 Å². The highest BCUT2D eigenvalue weighted by atomic mass is 16.5. The van der Waals surface area contributed by atoms with Crippen molar-refractivity contribution in [1.29, 1.82) is 0 Å². The van der Waals surface area contributed by atoms with Gasteiger partial charge in [-0.15, -0.1) is 0 Å². The Balaban J connectivity index is 1.35. The van der Waals surface area contributed by atoms with Gasteiger partial charge in [0.25, 0.3) is 0 Å². The molecule has 0 aliphatic heterocycles. The maximum atomic E-state index is 12.7. The van der Waals surface area contributed by atoms with E-state index in [0.29, 0.717) is 41.6 Å². The molecule has 0 spiro atoms. The average molecular weight is 547 g/mol. The first-order valence-electron chi connectivity index (χ1n) is 15.6. The highest BCUT2D eigenvalue weighted by Gasteiger charge is 2.58. The lowest BCUT2D eigenvalue weighted by atomic mass is 9.52. The van der Waals surface area contributed by atoms with Gasteiger partial charge in [-0.1, -0.05) is 63.3 Å². The Bertz CT molecular complexity index is 1160. The number of hydrogen-bond donors (Lipinski definition) is 1. The molecule has 40 heavy (non-hydrogen) atoms.